The number of nitrogens with zero attached hydrogens (tertiary/aromatic N) is 1. The number of aromatic nitrogens is 1. The summed E-state index contributed by atoms with van der Waals surface area (Å²) in [4.78, 5) is 28.0. The maximum absolute atomic E-state index is 12.6. The summed E-state index contributed by atoms with van der Waals surface area (Å²) in [6, 6.07) is 7.14. The molecule has 0 aliphatic heterocycles. The predicted molar refractivity (Wildman–Crippen MR) is 86.3 cm³/mol. The molecule has 2 N–H and O–H groups in total. The molecule has 0 atom stereocenters. The maximum atomic E-state index is 12.6. The second kappa shape index (κ2) is 6.83. The number of nitrogens with one attached hydrogen (secondary N) is 1. The molecule has 1 aromatic carbocycles. The minimum Gasteiger partial charge on any atom is -0.481 e. The topological polar surface area (TPSA) is 73.4 Å². The smallest absolute Gasteiger partial charge is 0.305 e. The number of carboxylic acids is 1. The Morgan fingerprint density at radius 3 is 2.68 bits per heavy atom. The Morgan fingerprint density at radius 2 is 2.05 bits per heavy atom. The third-order valence-corrected chi connectivity index (χ3v) is 3.52. The highest BCUT2D eigenvalue weighted by atomic mass is 35.5. The zero-order valence-corrected chi connectivity index (χ0v) is 13.4. The number of aromatic amines is 1. The molecule has 5 nitrogen and oxygen atoms in total. The quantitative estimate of drug-likeness (QED) is 0.856. The normalized spacial score (nSPS) is 11.1. The van der Waals surface area contributed by atoms with Crippen LogP contribution in [0.1, 0.15) is 30.8 Å². The summed E-state index contributed by atoms with van der Waals surface area (Å²) in [7, 11) is 0. The lowest BCUT2D eigenvalue weighted by molar-refractivity contribution is -0.137. The molecule has 22 heavy (non-hydrogen) atoms. The largest absolute Gasteiger partial charge is 0.481 e. The van der Waals surface area contributed by atoms with Crippen molar-refractivity contribution >= 4 is 34.4 Å². The first kappa shape index (κ1) is 16.4. The number of hydrogen-bond donors (Lipinski definition) is 2. The van der Waals surface area contributed by atoms with Crippen molar-refractivity contribution in [2.45, 2.75) is 20.3 Å². The summed E-state index contributed by atoms with van der Waals surface area (Å²) in [6.07, 6.45) is -0.0650. The van der Waals surface area contributed by atoms with Gasteiger partial charge < -0.3 is 15.0 Å². The van der Waals surface area contributed by atoms with Crippen LogP contribution in [0.2, 0.25) is 5.02 Å². The molecule has 0 aliphatic carbocycles. The number of benzene rings is 1. The molecule has 0 unspecified atom stereocenters. The Kier molecular flexibility index (Phi) is 5.08. The monoisotopic (exact) mass is 322 g/mol. The standard InChI is InChI=1S/C16H19ClN2O3/c1-10(2)9-19(6-5-15(20)21)16(22)14-7-11-3-4-12(17)8-13(11)18-14/h3-4,7-8,10,18H,5-6,9H2,1-2H3,(H,20,21). The fourth-order valence-electron chi connectivity index (χ4n) is 2.33. The fraction of sp³-hybridized carbons (Fsp3) is 0.375. The maximum Gasteiger partial charge on any atom is 0.305 e. The average Bonchev–Trinajstić information content (AvgIpc) is 2.85. The molecule has 1 aromatic heterocycles. The van der Waals surface area contributed by atoms with Gasteiger partial charge >= 0.3 is 5.97 Å². The van der Waals surface area contributed by atoms with E-state index in [1.807, 2.05) is 19.9 Å². The van der Waals surface area contributed by atoms with Crippen LogP contribution in [0, 0.1) is 5.92 Å². The van der Waals surface area contributed by atoms with Gasteiger partial charge in [-0.2, -0.15) is 0 Å². The third kappa shape index (κ3) is 4.01. The van der Waals surface area contributed by atoms with E-state index in [0.29, 0.717) is 17.3 Å². The van der Waals surface area contributed by atoms with Gasteiger partial charge in [-0.15, -0.1) is 0 Å². The van der Waals surface area contributed by atoms with Gasteiger partial charge in [0.15, 0.2) is 0 Å². The van der Waals surface area contributed by atoms with Crippen LogP contribution in [0.3, 0.4) is 0 Å². The Hall–Kier alpha value is -2.01. The number of amides is 1. The van der Waals surface area contributed by atoms with Crippen LogP contribution in [0.5, 0.6) is 0 Å². The van der Waals surface area contributed by atoms with E-state index in [1.54, 1.807) is 23.1 Å². The second-order valence-corrected chi connectivity index (χ2v) is 6.14. The van der Waals surface area contributed by atoms with E-state index in [4.69, 9.17) is 16.7 Å². The molecule has 0 saturated carbocycles. The predicted octanol–water partition coefficient (Wildman–Crippen LogP) is 3.39. The van der Waals surface area contributed by atoms with Crippen molar-refractivity contribution in [1.82, 2.24) is 9.88 Å². The number of hydrogen-bond acceptors (Lipinski definition) is 2. The summed E-state index contributed by atoms with van der Waals surface area (Å²) in [5, 5.41) is 10.3. The number of halogens is 1. The van der Waals surface area contributed by atoms with Gasteiger partial charge in [0.2, 0.25) is 0 Å². The molecule has 0 bridgehead atoms. The lowest BCUT2D eigenvalue weighted by atomic mass is 10.2. The minimum atomic E-state index is -0.912. The number of rotatable bonds is 6. The number of carboxylic acid groups (broad SMARTS) is 1. The number of carbonyl (C=O) groups excluding carboxylic acids is 1. The first-order valence-electron chi connectivity index (χ1n) is 7.16. The zero-order chi connectivity index (χ0) is 16.3. The van der Waals surface area contributed by atoms with Crippen LogP contribution >= 0.6 is 11.6 Å². The third-order valence-electron chi connectivity index (χ3n) is 3.28. The van der Waals surface area contributed by atoms with Crippen molar-refractivity contribution < 1.29 is 14.7 Å². The zero-order valence-electron chi connectivity index (χ0n) is 12.6. The Morgan fingerprint density at radius 1 is 1.32 bits per heavy atom. The van der Waals surface area contributed by atoms with Gasteiger partial charge in [0, 0.05) is 29.0 Å². The summed E-state index contributed by atoms with van der Waals surface area (Å²) in [6.45, 7) is 4.70. The molecule has 0 fully saturated rings. The molecule has 118 valence electrons. The molecule has 6 heteroatoms. The molecule has 2 rings (SSSR count). The Bertz CT molecular complexity index is 694. The first-order chi connectivity index (χ1) is 10.4. The first-order valence-corrected chi connectivity index (χ1v) is 7.54. The van der Waals surface area contributed by atoms with Gasteiger partial charge in [-0.25, -0.2) is 0 Å². The highest BCUT2D eigenvalue weighted by molar-refractivity contribution is 6.31. The number of H-pyrrole nitrogens is 1. The molecule has 0 aliphatic rings. The van der Waals surface area contributed by atoms with E-state index >= 15 is 0 Å². The number of fused-ring (bicyclic) bond motifs is 1. The highest BCUT2D eigenvalue weighted by Gasteiger charge is 2.19. The van der Waals surface area contributed by atoms with Crippen molar-refractivity contribution in [3.8, 4) is 0 Å². The van der Waals surface area contributed by atoms with Crippen molar-refractivity contribution in [2.24, 2.45) is 5.92 Å². The Balaban J connectivity index is 2.24. The fourth-order valence-corrected chi connectivity index (χ4v) is 2.50. The van der Waals surface area contributed by atoms with Crippen molar-refractivity contribution in [1.29, 1.82) is 0 Å². The lowest BCUT2D eigenvalue weighted by Crippen LogP contribution is -2.36. The Labute approximate surface area is 133 Å². The summed E-state index contributed by atoms with van der Waals surface area (Å²) < 4.78 is 0. The molecular weight excluding hydrogens is 304 g/mol. The minimum absolute atomic E-state index is 0.0650. The van der Waals surface area contributed by atoms with Crippen molar-refractivity contribution in [3.05, 3.63) is 35.0 Å². The van der Waals surface area contributed by atoms with Gasteiger partial charge in [-0.3, -0.25) is 9.59 Å². The van der Waals surface area contributed by atoms with Gasteiger partial charge in [-0.1, -0.05) is 31.5 Å². The molecule has 0 saturated heterocycles. The summed E-state index contributed by atoms with van der Waals surface area (Å²) >= 11 is 5.94. The van der Waals surface area contributed by atoms with Crippen LogP contribution in [0.15, 0.2) is 24.3 Å². The lowest BCUT2D eigenvalue weighted by Gasteiger charge is -2.23. The van der Waals surface area contributed by atoms with E-state index < -0.39 is 5.97 Å². The van der Waals surface area contributed by atoms with Gasteiger partial charge in [-0.05, 0) is 24.1 Å². The molecular formula is C16H19ClN2O3. The van der Waals surface area contributed by atoms with Crippen LogP contribution in [-0.4, -0.2) is 40.0 Å². The molecule has 0 spiro atoms. The van der Waals surface area contributed by atoms with Crippen LogP contribution < -0.4 is 0 Å². The molecule has 1 heterocycles. The van der Waals surface area contributed by atoms with Crippen LogP contribution in [0.25, 0.3) is 10.9 Å². The molecule has 1 amide bonds. The van der Waals surface area contributed by atoms with E-state index in [1.165, 1.54) is 0 Å². The van der Waals surface area contributed by atoms with E-state index in [0.717, 1.165) is 10.9 Å². The SMILES string of the molecule is CC(C)CN(CCC(=O)O)C(=O)c1cc2ccc(Cl)cc2[nH]1. The second-order valence-electron chi connectivity index (χ2n) is 5.70. The number of carbonyl (C=O) groups is 2. The van der Waals surface area contributed by atoms with Crippen molar-refractivity contribution in [3.63, 3.8) is 0 Å². The van der Waals surface area contributed by atoms with Gasteiger partial charge in [0.25, 0.3) is 5.91 Å². The van der Waals surface area contributed by atoms with E-state index in [-0.39, 0.29) is 24.8 Å². The molecule has 0 radical (unpaired) electrons. The van der Waals surface area contributed by atoms with E-state index in [2.05, 4.69) is 4.98 Å². The van der Waals surface area contributed by atoms with E-state index in [9.17, 15) is 9.59 Å². The van der Waals surface area contributed by atoms with Gasteiger partial charge in [0.05, 0.1) is 6.42 Å². The highest BCUT2D eigenvalue weighted by Crippen LogP contribution is 2.21. The average molecular weight is 323 g/mol. The van der Waals surface area contributed by atoms with Crippen molar-refractivity contribution in [2.75, 3.05) is 13.1 Å². The van der Waals surface area contributed by atoms with Crippen LogP contribution in [0.4, 0.5) is 0 Å². The van der Waals surface area contributed by atoms with Crippen LogP contribution in [-0.2, 0) is 4.79 Å². The molecule has 2 aromatic rings. The summed E-state index contributed by atoms with van der Waals surface area (Å²) in [5.41, 5.74) is 1.24. The van der Waals surface area contributed by atoms with Gasteiger partial charge in [0.1, 0.15) is 5.69 Å². The summed E-state index contributed by atoms with van der Waals surface area (Å²) in [5.74, 6) is -0.844. The number of aliphatic carboxylic acids is 1.